The number of carbonyl (C=O) groups is 2. The smallest absolute Gasteiger partial charge is 0.336 e. The molecular formula is C16H20O4. The first-order valence-corrected chi connectivity index (χ1v) is 6.75. The lowest BCUT2D eigenvalue weighted by Gasteiger charge is -2.04. The Balaban J connectivity index is 2.36. The molecule has 0 saturated carbocycles. The molecule has 0 heterocycles. The largest absolute Gasteiger partial charge is 0.463 e. The topological polar surface area (TPSA) is 52.6 Å². The van der Waals surface area contributed by atoms with Gasteiger partial charge in [-0.05, 0) is 25.0 Å². The van der Waals surface area contributed by atoms with Crippen molar-refractivity contribution in [2.24, 2.45) is 0 Å². The Morgan fingerprint density at radius 3 is 2.50 bits per heavy atom. The molecule has 4 heteroatoms. The molecule has 0 radical (unpaired) electrons. The Hall–Kier alpha value is -2.10. The average molecular weight is 276 g/mol. The van der Waals surface area contributed by atoms with Crippen molar-refractivity contribution in [1.29, 1.82) is 0 Å². The third-order valence-corrected chi connectivity index (χ3v) is 2.65. The van der Waals surface area contributed by atoms with Gasteiger partial charge in [0.05, 0.1) is 6.61 Å². The van der Waals surface area contributed by atoms with Gasteiger partial charge in [-0.25, -0.2) is 9.59 Å². The van der Waals surface area contributed by atoms with Crippen LogP contribution in [0.15, 0.2) is 36.4 Å². The van der Waals surface area contributed by atoms with E-state index in [1.165, 1.54) is 0 Å². The maximum atomic E-state index is 11.5. The van der Waals surface area contributed by atoms with Gasteiger partial charge in [-0.3, -0.25) is 0 Å². The third kappa shape index (κ3) is 6.18. The van der Waals surface area contributed by atoms with Crippen LogP contribution in [0.5, 0.6) is 5.75 Å². The number of benzene rings is 1. The van der Waals surface area contributed by atoms with E-state index in [0.717, 1.165) is 37.0 Å². The summed E-state index contributed by atoms with van der Waals surface area (Å²) in [6, 6.07) is 7.18. The van der Waals surface area contributed by atoms with Crippen molar-refractivity contribution in [3.05, 3.63) is 42.0 Å². The lowest BCUT2D eigenvalue weighted by molar-refractivity contribution is -0.138. The van der Waals surface area contributed by atoms with Crippen LogP contribution in [0.25, 0.3) is 0 Å². The molecule has 1 aromatic carbocycles. The molecule has 108 valence electrons. The van der Waals surface area contributed by atoms with E-state index in [0.29, 0.717) is 12.4 Å². The van der Waals surface area contributed by atoms with Crippen LogP contribution in [0.3, 0.4) is 0 Å². The molecule has 1 aromatic rings. The molecule has 0 aliphatic carbocycles. The van der Waals surface area contributed by atoms with Crippen LogP contribution >= 0.6 is 0 Å². The molecule has 4 nitrogen and oxygen atoms in total. The summed E-state index contributed by atoms with van der Waals surface area (Å²) >= 11 is 0. The normalized spacial score (nSPS) is 10.5. The van der Waals surface area contributed by atoms with E-state index in [9.17, 15) is 9.59 Å². The van der Waals surface area contributed by atoms with Crippen molar-refractivity contribution in [2.75, 3.05) is 6.61 Å². The van der Waals surface area contributed by atoms with Gasteiger partial charge in [0.1, 0.15) is 5.75 Å². The van der Waals surface area contributed by atoms with Gasteiger partial charge < -0.3 is 9.47 Å². The molecule has 1 rings (SSSR count). The minimum atomic E-state index is -0.593. The number of rotatable bonds is 7. The summed E-state index contributed by atoms with van der Waals surface area (Å²) in [4.78, 5) is 22.8. The Labute approximate surface area is 119 Å². The molecule has 0 atom stereocenters. The Kier molecular flexibility index (Phi) is 7.11. The summed E-state index contributed by atoms with van der Waals surface area (Å²) in [5.41, 5.74) is 0.858. The van der Waals surface area contributed by atoms with Gasteiger partial charge in [-0.2, -0.15) is 0 Å². The highest BCUT2D eigenvalue weighted by Gasteiger charge is 2.04. The maximum Gasteiger partial charge on any atom is 0.336 e. The van der Waals surface area contributed by atoms with Crippen molar-refractivity contribution >= 4 is 11.9 Å². The van der Waals surface area contributed by atoms with Crippen LogP contribution in [-0.4, -0.2) is 18.5 Å². The number of carbonyl (C=O) groups excluding carboxylic acids is 2. The second kappa shape index (κ2) is 8.91. The molecule has 0 bridgehead atoms. The zero-order chi connectivity index (χ0) is 14.8. The molecule has 0 spiro atoms. The molecule has 0 aliphatic rings. The van der Waals surface area contributed by atoms with Crippen LogP contribution in [0.1, 0.15) is 31.7 Å². The third-order valence-electron chi connectivity index (χ3n) is 2.65. The number of unbranched alkanes of at least 4 members (excludes halogenated alkanes) is 2. The summed E-state index contributed by atoms with van der Waals surface area (Å²) in [6.07, 6.45) is 5.09. The molecule has 0 aliphatic heterocycles. The van der Waals surface area contributed by atoms with Crippen molar-refractivity contribution in [3.63, 3.8) is 0 Å². The number of esters is 2. The fourth-order valence-corrected chi connectivity index (χ4v) is 1.52. The molecule has 0 N–H and O–H groups in total. The standard InChI is InChI=1S/C16H20O4/c1-3-4-7-12-19-15(17)10-11-16(18)20-14-9-6-5-8-13(14)2/h5-6,8-11H,3-4,7,12H2,1-2H3/b11-10+. The van der Waals surface area contributed by atoms with E-state index in [2.05, 4.69) is 6.92 Å². The molecule has 0 aromatic heterocycles. The van der Waals surface area contributed by atoms with E-state index >= 15 is 0 Å². The minimum Gasteiger partial charge on any atom is -0.463 e. The van der Waals surface area contributed by atoms with Gasteiger partial charge in [0.15, 0.2) is 0 Å². The molecule has 0 unspecified atom stereocenters. The first-order chi connectivity index (χ1) is 9.63. The molecule has 0 fully saturated rings. The van der Waals surface area contributed by atoms with Crippen LogP contribution in [0.4, 0.5) is 0 Å². The fraction of sp³-hybridized carbons (Fsp3) is 0.375. The van der Waals surface area contributed by atoms with E-state index in [1.807, 2.05) is 19.1 Å². The van der Waals surface area contributed by atoms with E-state index < -0.39 is 11.9 Å². The van der Waals surface area contributed by atoms with Crippen molar-refractivity contribution in [3.8, 4) is 5.75 Å². The van der Waals surface area contributed by atoms with Crippen LogP contribution < -0.4 is 4.74 Å². The SMILES string of the molecule is CCCCCOC(=O)/C=C/C(=O)Oc1ccccc1C. The number of para-hydroxylation sites is 1. The van der Waals surface area contributed by atoms with Gasteiger partial charge in [0.2, 0.25) is 0 Å². The van der Waals surface area contributed by atoms with Gasteiger partial charge in [-0.15, -0.1) is 0 Å². The number of aryl methyl sites for hydroxylation is 1. The summed E-state index contributed by atoms with van der Waals surface area (Å²) in [5, 5.41) is 0. The Bertz CT molecular complexity index is 477. The van der Waals surface area contributed by atoms with E-state index in [1.54, 1.807) is 12.1 Å². The zero-order valence-corrected chi connectivity index (χ0v) is 11.9. The quantitative estimate of drug-likeness (QED) is 0.332. The van der Waals surface area contributed by atoms with Crippen molar-refractivity contribution in [2.45, 2.75) is 33.1 Å². The van der Waals surface area contributed by atoms with Crippen LogP contribution in [0, 0.1) is 6.92 Å². The first kappa shape index (κ1) is 16.0. The first-order valence-electron chi connectivity index (χ1n) is 6.75. The monoisotopic (exact) mass is 276 g/mol. The lowest BCUT2D eigenvalue weighted by Crippen LogP contribution is -2.07. The second-order valence-electron chi connectivity index (χ2n) is 4.39. The van der Waals surface area contributed by atoms with Crippen LogP contribution in [0.2, 0.25) is 0 Å². The second-order valence-corrected chi connectivity index (χ2v) is 4.39. The van der Waals surface area contributed by atoms with E-state index in [-0.39, 0.29) is 0 Å². The highest BCUT2D eigenvalue weighted by atomic mass is 16.5. The van der Waals surface area contributed by atoms with Gasteiger partial charge in [0.25, 0.3) is 0 Å². The summed E-state index contributed by atoms with van der Waals surface area (Å²) in [6.45, 7) is 4.29. The van der Waals surface area contributed by atoms with Crippen molar-refractivity contribution < 1.29 is 19.1 Å². The summed E-state index contributed by atoms with van der Waals surface area (Å²) in [7, 11) is 0. The maximum absolute atomic E-state index is 11.5. The molecule has 20 heavy (non-hydrogen) atoms. The summed E-state index contributed by atoms with van der Waals surface area (Å²) in [5.74, 6) is -0.633. The van der Waals surface area contributed by atoms with Crippen molar-refractivity contribution in [1.82, 2.24) is 0 Å². The number of ether oxygens (including phenoxy) is 2. The number of hydrogen-bond donors (Lipinski definition) is 0. The zero-order valence-electron chi connectivity index (χ0n) is 11.9. The van der Waals surface area contributed by atoms with Gasteiger partial charge in [-0.1, -0.05) is 38.0 Å². The molecule has 0 amide bonds. The predicted octanol–water partition coefficient (Wildman–Crippen LogP) is 3.19. The predicted molar refractivity (Wildman–Crippen MR) is 76.4 cm³/mol. The average Bonchev–Trinajstić information content (AvgIpc) is 2.44. The minimum absolute atomic E-state index is 0.379. The van der Waals surface area contributed by atoms with Crippen LogP contribution in [-0.2, 0) is 14.3 Å². The summed E-state index contributed by atoms with van der Waals surface area (Å²) < 4.78 is 10.0. The number of hydrogen-bond acceptors (Lipinski definition) is 4. The highest BCUT2D eigenvalue weighted by Crippen LogP contribution is 2.16. The highest BCUT2D eigenvalue weighted by molar-refractivity contribution is 5.92. The molecular weight excluding hydrogens is 256 g/mol. The van der Waals surface area contributed by atoms with Gasteiger partial charge in [0, 0.05) is 12.2 Å². The Morgan fingerprint density at radius 1 is 1.10 bits per heavy atom. The molecule has 0 saturated heterocycles. The fourth-order valence-electron chi connectivity index (χ4n) is 1.52. The van der Waals surface area contributed by atoms with E-state index in [4.69, 9.17) is 9.47 Å². The Morgan fingerprint density at radius 2 is 1.80 bits per heavy atom. The van der Waals surface area contributed by atoms with Gasteiger partial charge >= 0.3 is 11.9 Å². The lowest BCUT2D eigenvalue weighted by atomic mass is 10.2.